The molecule has 0 fully saturated rings. The molecule has 0 unspecified atom stereocenters. The Balaban J connectivity index is 3.14. The van der Waals surface area contributed by atoms with Gasteiger partial charge in [0.25, 0.3) is 0 Å². The fraction of sp³-hybridized carbons (Fsp3) is 0.333. The average molecular weight is 231 g/mol. The topological polar surface area (TPSA) is 40.5 Å². The minimum Gasteiger partial charge on any atom is -0.507 e. The molecule has 3 heteroatoms. The molecule has 1 aromatic carbocycles. The van der Waals surface area contributed by atoms with E-state index in [2.05, 4.69) is 15.9 Å². The molecule has 0 radical (unpaired) electrons. The maximum atomic E-state index is 9.57. The molecule has 0 atom stereocenters. The molecule has 0 amide bonds. The second-order valence-electron chi connectivity index (χ2n) is 2.67. The van der Waals surface area contributed by atoms with Gasteiger partial charge in [-0.15, -0.1) is 0 Å². The zero-order valence-electron chi connectivity index (χ0n) is 6.84. The van der Waals surface area contributed by atoms with Crippen molar-refractivity contribution in [3.8, 4) is 5.75 Å². The van der Waals surface area contributed by atoms with Gasteiger partial charge in [-0.25, -0.2) is 0 Å². The summed E-state index contributed by atoms with van der Waals surface area (Å²) in [6.45, 7) is 1.89. The number of halogens is 1. The number of phenolic OH excluding ortho intramolecular Hbond substituents is 1. The van der Waals surface area contributed by atoms with Crippen LogP contribution in [0.4, 0.5) is 0 Å². The maximum absolute atomic E-state index is 9.57. The molecular formula is C9H11BrO2. The van der Waals surface area contributed by atoms with E-state index in [1.807, 2.05) is 19.1 Å². The number of aliphatic hydroxyl groups excluding tert-OH is 1. The van der Waals surface area contributed by atoms with Crippen LogP contribution in [0.1, 0.15) is 11.1 Å². The number of aliphatic hydroxyl groups is 1. The van der Waals surface area contributed by atoms with Crippen molar-refractivity contribution in [2.24, 2.45) is 0 Å². The fourth-order valence-corrected chi connectivity index (χ4v) is 1.60. The molecule has 0 heterocycles. The van der Waals surface area contributed by atoms with E-state index in [1.54, 1.807) is 0 Å². The maximum Gasteiger partial charge on any atom is 0.122 e. The van der Waals surface area contributed by atoms with Crippen molar-refractivity contribution in [1.29, 1.82) is 0 Å². The van der Waals surface area contributed by atoms with Crippen LogP contribution in [0.15, 0.2) is 16.6 Å². The third-order valence-corrected chi connectivity index (χ3v) is 2.53. The van der Waals surface area contributed by atoms with Crippen molar-refractivity contribution in [2.45, 2.75) is 13.3 Å². The lowest BCUT2D eigenvalue weighted by Gasteiger charge is -2.07. The van der Waals surface area contributed by atoms with Crippen LogP contribution in [0.2, 0.25) is 0 Å². The first-order valence-electron chi connectivity index (χ1n) is 3.74. The van der Waals surface area contributed by atoms with Gasteiger partial charge in [-0.05, 0) is 18.6 Å². The van der Waals surface area contributed by atoms with E-state index in [1.165, 1.54) is 0 Å². The quantitative estimate of drug-likeness (QED) is 0.817. The third-order valence-electron chi connectivity index (χ3n) is 1.79. The minimum atomic E-state index is 0.0512. The lowest BCUT2D eigenvalue weighted by atomic mass is 10.1. The van der Waals surface area contributed by atoms with Crippen molar-refractivity contribution < 1.29 is 10.2 Å². The summed E-state index contributed by atoms with van der Waals surface area (Å²) in [6, 6.07) is 3.71. The molecule has 66 valence electrons. The van der Waals surface area contributed by atoms with Crippen LogP contribution in [0, 0.1) is 6.92 Å². The van der Waals surface area contributed by atoms with Crippen LogP contribution in [0.25, 0.3) is 0 Å². The molecule has 0 spiro atoms. The van der Waals surface area contributed by atoms with E-state index >= 15 is 0 Å². The van der Waals surface area contributed by atoms with Gasteiger partial charge in [0.05, 0.1) is 0 Å². The molecule has 1 rings (SSSR count). The zero-order chi connectivity index (χ0) is 9.14. The van der Waals surface area contributed by atoms with Gasteiger partial charge in [0.2, 0.25) is 0 Å². The second kappa shape index (κ2) is 3.92. The van der Waals surface area contributed by atoms with E-state index in [9.17, 15) is 5.11 Å². The van der Waals surface area contributed by atoms with Crippen molar-refractivity contribution >= 4 is 15.9 Å². The zero-order valence-corrected chi connectivity index (χ0v) is 8.43. The summed E-state index contributed by atoms with van der Waals surface area (Å²) in [4.78, 5) is 0. The molecular weight excluding hydrogens is 220 g/mol. The molecule has 0 saturated carbocycles. The Morgan fingerprint density at radius 2 is 2.08 bits per heavy atom. The first-order valence-corrected chi connectivity index (χ1v) is 4.54. The Labute approximate surface area is 80.0 Å². The van der Waals surface area contributed by atoms with E-state index in [4.69, 9.17) is 5.11 Å². The standard InChI is InChI=1S/C9H11BrO2/c1-6-2-3-8(10)7(4-5-11)9(6)12/h2-3,11-12H,4-5H2,1H3. The van der Waals surface area contributed by atoms with Crippen molar-refractivity contribution in [3.05, 3.63) is 27.7 Å². The summed E-state index contributed by atoms with van der Waals surface area (Å²) in [5.74, 6) is 0.276. The van der Waals surface area contributed by atoms with Crippen LogP contribution in [-0.4, -0.2) is 16.8 Å². The number of aromatic hydroxyl groups is 1. The Hall–Kier alpha value is -0.540. The van der Waals surface area contributed by atoms with Crippen molar-refractivity contribution in [1.82, 2.24) is 0 Å². The summed E-state index contributed by atoms with van der Waals surface area (Å²) in [7, 11) is 0. The number of hydrogen-bond acceptors (Lipinski definition) is 2. The second-order valence-corrected chi connectivity index (χ2v) is 3.52. The summed E-state index contributed by atoms with van der Waals surface area (Å²) in [5, 5.41) is 18.3. The fourth-order valence-electron chi connectivity index (χ4n) is 1.08. The largest absolute Gasteiger partial charge is 0.507 e. The highest BCUT2D eigenvalue weighted by Crippen LogP contribution is 2.29. The molecule has 2 nitrogen and oxygen atoms in total. The SMILES string of the molecule is Cc1ccc(Br)c(CCO)c1O. The van der Waals surface area contributed by atoms with Gasteiger partial charge in [-0.3, -0.25) is 0 Å². The van der Waals surface area contributed by atoms with Crippen LogP contribution >= 0.6 is 15.9 Å². The minimum absolute atomic E-state index is 0.0512. The first kappa shape index (κ1) is 9.55. The molecule has 12 heavy (non-hydrogen) atoms. The average Bonchev–Trinajstić information content (AvgIpc) is 2.06. The summed E-state index contributed by atoms with van der Waals surface area (Å²) < 4.78 is 0.847. The van der Waals surface area contributed by atoms with Gasteiger partial charge < -0.3 is 10.2 Å². The summed E-state index contributed by atoms with van der Waals surface area (Å²) in [6.07, 6.45) is 0.480. The van der Waals surface area contributed by atoms with E-state index in [-0.39, 0.29) is 12.4 Å². The normalized spacial score (nSPS) is 10.2. The lowest BCUT2D eigenvalue weighted by molar-refractivity contribution is 0.297. The van der Waals surface area contributed by atoms with Gasteiger partial charge in [0, 0.05) is 23.1 Å². The molecule has 0 aliphatic heterocycles. The van der Waals surface area contributed by atoms with Gasteiger partial charge in [0.15, 0.2) is 0 Å². The van der Waals surface area contributed by atoms with Crippen molar-refractivity contribution in [3.63, 3.8) is 0 Å². The highest BCUT2D eigenvalue weighted by molar-refractivity contribution is 9.10. The number of benzene rings is 1. The molecule has 2 N–H and O–H groups in total. The van der Waals surface area contributed by atoms with Gasteiger partial charge >= 0.3 is 0 Å². The van der Waals surface area contributed by atoms with Gasteiger partial charge in [-0.2, -0.15) is 0 Å². The van der Waals surface area contributed by atoms with E-state index in [0.29, 0.717) is 6.42 Å². The van der Waals surface area contributed by atoms with E-state index in [0.717, 1.165) is 15.6 Å². The molecule has 0 saturated heterocycles. The predicted octanol–water partition coefficient (Wildman–Crippen LogP) is 2.00. The summed E-state index contributed by atoms with van der Waals surface area (Å²) in [5.41, 5.74) is 1.61. The van der Waals surface area contributed by atoms with Gasteiger partial charge in [0.1, 0.15) is 5.75 Å². The Morgan fingerprint density at radius 1 is 1.42 bits per heavy atom. The van der Waals surface area contributed by atoms with Crippen molar-refractivity contribution in [2.75, 3.05) is 6.61 Å². The van der Waals surface area contributed by atoms with E-state index < -0.39 is 0 Å². The Morgan fingerprint density at radius 3 is 2.67 bits per heavy atom. The summed E-state index contributed by atoms with van der Waals surface area (Å²) >= 11 is 3.31. The highest BCUT2D eigenvalue weighted by Gasteiger charge is 2.07. The molecule has 0 aliphatic carbocycles. The molecule has 0 aromatic heterocycles. The van der Waals surface area contributed by atoms with Gasteiger partial charge in [-0.1, -0.05) is 22.0 Å². The van der Waals surface area contributed by atoms with Crippen LogP contribution in [0.5, 0.6) is 5.75 Å². The first-order chi connectivity index (χ1) is 5.66. The Bertz CT molecular complexity index is 284. The van der Waals surface area contributed by atoms with Crippen LogP contribution < -0.4 is 0 Å². The number of aryl methyl sites for hydroxylation is 1. The molecule has 1 aromatic rings. The lowest BCUT2D eigenvalue weighted by Crippen LogP contribution is -1.93. The van der Waals surface area contributed by atoms with Crippen LogP contribution in [-0.2, 0) is 6.42 Å². The monoisotopic (exact) mass is 230 g/mol. The predicted molar refractivity (Wildman–Crippen MR) is 51.3 cm³/mol. The Kier molecular flexibility index (Phi) is 3.12. The molecule has 0 bridgehead atoms. The third kappa shape index (κ3) is 1.79. The number of phenols is 1. The van der Waals surface area contributed by atoms with Crippen LogP contribution in [0.3, 0.4) is 0 Å². The number of rotatable bonds is 2. The number of hydrogen-bond donors (Lipinski definition) is 2. The smallest absolute Gasteiger partial charge is 0.122 e. The highest BCUT2D eigenvalue weighted by atomic mass is 79.9. The molecule has 0 aliphatic rings.